The lowest BCUT2D eigenvalue weighted by molar-refractivity contribution is -0.123. The van der Waals surface area contributed by atoms with Crippen molar-refractivity contribution in [2.45, 2.75) is 82.7 Å². The number of hydrogen-bond acceptors (Lipinski definition) is 6. The van der Waals surface area contributed by atoms with Crippen LogP contribution >= 0.6 is 11.8 Å². The molecule has 4 saturated carbocycles. The quantitative estimate of drug-likeness (QED) is 0.501. The van der Waals surface area contributed by atoms with E-state index in [4.69, 9.17) is 4.98 Å². The molecule has 2 heterocycles. The first-order chi connectivity index (χ1) is 16.4. The summed E-state index contributed by atoms with van der Waals surface area (Å²) in [5.41, 5.74) is -0.698. The predicted octanol–water partition coefficient (Wildman–Crippen LogP) is 3.14. The highest BCUT2D eigenvalue weighted by molar-refractivity contribution is 8.00. The Kier molecular flexibility index (Phi) is 5.93. The summed E-state index contributed by atoms with van der Waals surface area (Å²) in [6, 6.07) is 0.143. The number of amides is 1. The molecule has 2 aromatic rings. The Hall–Kier alpha value is -2.16. The van der Waals surface area contributed by atoms with Gasteiger partial charge in [-0.15, -0.1) is 0 Å². The van der Waals surface area contributed by atoms with E-state index < -0.39 is 11.2 Å². The van der Waals surface area contributed by atoms with Gasteiger partial charge >= 0.3 is 5.69 Å². The van der Waals surface area contributed by atoms with E-state index in [1.165, 1.54) is 61.9 Å². The molecule has 0 aliphatic heterocycles. The highest BCUT2D eigenvalue weighted by Crippen LogP contribution is 2.61. The number of rotatable bonds is 5. The molecule has 1 N–H and O–H groups in total. The molecule has 0 saturated heterocycles. The molecule has 35 heavy (non-hydrogen) atoms. The third-order valence-corrected chi connectivity index (χ3v) is 9.63. The third kappa shape index (κ3) is 4.23. The van der Waals surface area contributed by atoms with Crippen molar-refractivity contribution in [2.24, 2.45) is 37.3 Å². The van der Waals surface area contributed by atoms with Gasteiger partial charge in [0, 0.05) is 25.6 Å². The largest absolute Gasteiger partial charge is 0.352 e. The smallest absolute Gasteiger partial charge is 0.332 e. The van der Waals surface area contributed by atoms with Crippen molar-refractivity contribution in [3.05, 3.63) is 26.7 Å². The highest BCUT2D eigenvalue weighted by Gasteiger charge is 2.53. The fourth-order valence-electron chi connectivity index (χ4n) is 7.15. The first kappa shape index (κ1) is 24.5. The van der Waals surface area contributed by atoms with Crippen molar-refractivity contribution >= 4 is 28.7 Å². The summed E-state index contributed by atoms with van der Waals surface area (Å²) in [5.74, 6) is 3.17. The molecule has 190 valence electrons. The van der Waals surface area contributed by atoms with Gasteiger partial charge in [-0.3, -0.25) is 18.7 Å². The lowest BCUT2D eigenvalue weighted by Gasteiger charge is -2.59. The number of carbonyl (C=O) groups excluding carboxylic acids is 1. The van der Waals surface area contributed by atoms with E-state index in [-0.39, 0.29) is 33.9 Å². The summed E-state index contributed by atoms with van der Waals surface area (Å²) < 4.78 is 2.45. The maximum Gasteiger partial charge on any atom is 0.332 e. The molecule has 4 aliphatic rings. The van der Waals surface area contributed by atoms with Crippen LogP contribution in [0.25, 0.3) is 11.0 Å². The topological polar surface area (TPSA) is 98.9 Å². The Morgan fingerprint density at radius 2 is 1.63 bits per heavy atom. The van der Waals surface area contributed by atoms with Crippen molar-refractivity contribution in [3.8, 4) is 0 Å². The first-order valence-electron chi connectivity index (χ1n) is 12.8. The molecular weight excluding hydrogens is 462 g/mol. The molecule has 6 rings (SSSR count). The van der Waals surface area contributed by atoms with Gasteiger partial charge in [-0.1, -0.05) is 32.5 Å². The maximum absolute atomic E-state index is 13.1. The fraction of sp³-hybridized carbons (Fsp3) is 0.731. The van der Waals surface area contributed by atoms with Gasteiger partial charge in [0.15, 0.2) is 5.65 Å². The van der Waals surface area contributed by atoms with Gasteiger partial charge in [-0.2, -0.15) is 0 Å². The van der Waals surface area contributed by atoms with E-state index >= 15 is 0 Å². The van der Waals surface area contributed by atoms with Crippen LogP contribution in [0.15, 0.2) is 14.6 Å². The predicted molar refractivity (Wildman–Crippen MR) is 138 cm³/mol. The number of thioether (sulfide) groups is 1. The molecule has 4 aliphatic carbocycles. The second-order valence-electron chi connectivity index (χ2n) is 12.4. The van der Waals surface area contributed by atoms with Crippen LogP contribution in [0, 0.1) is 23.2 Å². The van der Waals surface area contributed by atoms with E-state index in [2.05, 4.69) is 17.2 Å². The molecule has 9 heteroatoms. The number of aryl methyl sites for hydroxylation is 1. The van der Waals surface area contributed by atoms with Gasteiger partial charge in [0.1, 0.15) is 16.2 Å². The van der Waals surface area contributed by atoms with Gasteiger partial charge < -0.3 is 5.32 Å². The van der Waals surface area contributed by atoms with Crippen molar-refractivity contribution in [1.29, 1.82) is 0 Å². The van der Waals surface area contributed by atoms with Crippen molar-refractivity contribution in [3.63, 3.8) is 0 Å². The van der Waals surface area contributed by atoms with Crippen LogP contribution in [0.1, 0.15) is 72.0 Å². The van der Waals surface area contributed by atoms with Crippen LogP contribution in [0.5, 0.6) is 0 Å². The Balaban J connectivity index is 1.39. The minimum atomic E-state index is -0.437. The normalized spacial score (nSPS) is 28.5. The summed E-state index contributed by atoms with van der Waals surface area (Å²) in [4.78, 5) is 47.9. The second-order valence-corrected chi connectivity index (χ2v) is 13.3. The summed E-state index contributed by atoms with van der Waals surface area (Å²) in [6.45, 7) is 8.14. The summed E-state index contributed by atoms with van der Waals surface area (Å²) in [5, 5.41) is 4.04. The summed E-state index contributed by atoms with van der Waals surface area (Å²) in [7, 11) is 3.06. The Labute approximate surface area is 210 Å². The number of carbonyl (C=O) groups is 1. The SMILES string of the molecule is CC(NC(=O)CSc1nc(C(C)(C)C)nc2c1c(=O)n(C)c(=O)n2C)C12CC3CC(CC(C3)C1)C2. The number of nitrogens with one attached hydrogen (secondary N) is 1. The Bertz CT molecular complexity index is 1270. The molecule has 1 unspecified atom stereocenters. The molecule has 8 nitrogen and oxygen atoms in total. The van der Waals surface area contributed by atoms with Gasteiger partial charge in [-0.05, 0) is 68.6 Å². The highest BCUT2D eigenvalue weighted by atomic mass is 32.2. The van der Waals surface area contributed by atoms with Crippen LogP contribution in [0.4, 0.5) is 0 Å². The van der Waals surface area contributed by atoms with Crippen LogP contribution < -0.4 is 16.6 Å². The van der Waals surface area contributed by atoms with Crippen molar-refractivity contribution < 1.29 is 4.79 Å². The van der Waals surface area contributed by atoms with E-state index in [9.17, 15) is 14.4 Å². The summed E-state index contributed by atoms with van der Waals surface area (Å²) >= 11 is 1.25. The van der Waals surface area contributed by atoms with Gasteiger partial charge in [-0.25, -0.2) is 14.8 Å². The van der Waals surface area contributed by atoms with Gasteiger partial charge in [0.2, 0.25) is 5.91 Å². The molecule has 0 aromatic carbocycles. The molecule has 1 atom stereocenters. The first-order valence-corrected chi connectivity index (χ1v) is 13.8. The second kappa shape index (κ2) is 8.46. The average Bonchev–Trinajstić information content (AvgIpc) is 2.77. The van der Waals surface area contributed by atoms with Crippen molar-refractivity contribution in [1.82, 2.24) is 24.4 Å². The zero-order valence-corrected chi connectivity index (χ0v) is 22.5. The Morgan fingerprint density at radius 3 is 2.17 bits per heavy atom. The minimum absolute atomic E-state index is 0.0380. The fourth-order valence-corrected chi connectivity index (χ4v) is 7.97. The van der Waals surface area contributed by atoms with Crippen LogP contribution in [0.3, 0.4) is 0 Å². The molecule has 0 radical (unpaired) electrons. The van der Waals surface area contributed by atoms with Gasteiger partial charge in [0.25, 0.3) is 5.56 Å². The monoisotopic (exact) mass is 499 g/mol. The van der Waals surface area contributed by atoms with Crippen LogP contribution in [0.2, 0.25) is 0 Å². The average molecular weight is 500 g/mol. The Morgan fingerprint density at radius 1 is 1.06 bits per heavy atom. The number of hydrogen-bond donors (Lipinski definition) is 1. The minimum Gasteiger partial charge on any atom is -0.352 e. The van der Waals surface area contributed by atoms with Gasteiger partial charge in [0.05, 0.1) is 5.75 Å². The number of fused-ring (bicyclic) bond motifs is 1. The molecule has 0 spiro atoms. The summed E-state index contributed by atoms with van der Waals surface area (Å²) in [6.07, 6.45) is 7.85. The third-order valence-electron chi connectivity index (χ3n) is 8.66. The van der Waals surface area contributed by atoms with Crippen molar-refractivity contribution in [2.75, 3.05) is 5.75 Å². The van der Waals surface area contributed by atoms with E-state index in [1.807, 2.05) is 20.8 Å². The molecule has 1 amide bonds. The van der Waals surface area contributed by atoms with Crippen LogP contribution in [-0.2, 0) is 24.3 Å². The standard InChI is InChI=1S/C26H37N5O3S/c1-14(26-10-15-7-16(11-26)9-17(8-15)12-26)27-18(32)13-35-21-19-20(28-23(29-21)25(2,3)4)30(5)24(34)31(6)22(19)33/h14-17H,7-13H2,1-6H3,(H,27,32). The lowest BCUT2D eigenvalue weighted by atomic mass is 9.48. The molecular formula is C26H37N5O3S. The number of nitrogens with zero attached hydrogens (tertiary/aromatic N) is 4. The zero-order chi connectivity index (χ0) is 25.3. The lowest BCUT2D eigenvalue weighted by Crippen LogP contribution is -2.56. The van der Waals surface area contributed by atoms with E-state index in [1.54, 1.807) is 7.05 Å². The van der Waals surface area contributed by atoms with Crippen LogP contribution in [-0.4, -0.2) is 36.8 Å². The molecule has 4 fully saturated rings. The molecule has 4 bridgehead atoms. The maximum atomic E-state index is 13.1. The number of aromatic nitrogens is 4. The zero-order valence-electron chi connectivity index (χ0n) is 21.7. The molecule has 2 aromatic heterocycles. The van der Waals surface area contributed by atoms with E-state index in [0.29, 0.717) is 16.5 Å². The van der Waals surface area contributed by atoms with E-state index in [0.717, 1.165) is 22.3 Å².